The maximum Gasteiger partial charge on any atom is 0.216 e. The molecular weight excluding hydrogens is 252 g/mol. The summed E-state index contributed by atoms with van der Waals surface area (Å²) in [5.41, 5.74) is 1.84. The van der Waals surface area contributed by atoms with Crippen LogP contribution in [0.1, 0.15) is 36.8 Å². The van der Waals surface area contributed by atoms with Crippen LogP contribution in [-0.2, 0) is 11.2 Å². The minimum absolute atomic E-state index is 0.253. The van der Waals surface area contributed by atoms with Crippen LogP contribution < -0.4 is 4.74 Å². The van der Waals surface area contributed by atoms with Gasteiger partial charge in [-0.25, -0.2) is 4.99 Å². The predicted octanol–water partition coefficient (Wildman–Crippen LogP) is 2.85. The number of nitrogens with zero attached hydrogens (tertiary/aromatic N) is 2. The van der Waals surface area contributed by atoms with Crippen molar-refractivity contribution < 1.29 is 9.47 Å². The molecule has 20 heavy (non-hydrogen) atoms. The van der Waals surface area contributed by atoms with Gasteiger partial charge in [0.25, 0.3) is 0 Å². The lowest BCUT2D eigenvalue weighted by atomic mass is 9.94. The second-order valence-electron chi connectivity index (χ2n) is 5.30. The van der Waals surface area contributed by atoms with Gasteiger partial charge >= 0.3 is 0 Å². The van der Waals surface area contributed by atoms with Crippen molar-refractivity contribution >= 4 is 5.90 Å². The van der Waals surface area contributed by atoms with Crippen LogP contribution in [0.25, 0.3) is 0 Å². The van der Waals surface area contributed by atoms with Crippen molar-refractivity contribution in [2.45, 2.75) is 44.2 Å². The van der Waals surface area contributed by atoms with Crippen molar-refractivity contribution in [3.05, 3.63) is 29.3 Å². The monoisotopic (exact) mass is 270 g/mol. The summed E-state index contributed by atoms with van der Waals surface area (Å²) in [5.74, 6) is 1.45. The molecule has 0 saturated heterocycles. The van der Waals surface area contributed by atoms with Crippen molar-refractivity contribution in [1.29, 1.82) is 5.26 Å². The molecule has 0 amide bonds. The SMILES string of the molecule is COc1cc(C2=NC3CCCCC3O2)ccc1CC#N. The molecular formula is C16H18N2O2. The fourth-order valence-corrected chi connectivity index (χ4v) is 2.94. The summed E-state index contributed by atoms with van der Waals surface area (Å²) in [5, 5.41) is 8.81. The minimum Gasteiger partial charge on any atom is -0.496 e. The number of hydrogen-bond donors (Lipinski definition) is 0. The topological polar surface area (TPSA) is 54.6 Å². The number of aliphatic imine (C=N–C) groups is 1. The van der Waals surface area contributed by atoms with E-state index in [1.807, 2.05) is 18.2 Å². The van der Waals surface area contributed by atoms with Crippen molar-refractivity contribution in [3.63, 3.8) is 0 Å². The Hall–Kier alpha value is -2.02. The van der Waals surface area contributed by atoms with E-state index in [9.17, 15) is 0 Å². The third kappa shape index (κ3) is 2.36. The van der Waals surface area contributed by atoms with E-state index in [1.165, 1.54) is 12.8 Å². The molecule has 1 fully saturated rings. The van der Waals surface area contributed by atoms with Crippen molar-refractivity contribution in [3.8, 4) is 11.8 Å². The van der Waals surface area contributed by atoms with E-state index in [0.29, 0.717) is 12.5 Å². The Labute approximate surface area is 119 Å². The van der Waals surface area contributed by atoms with E-state index >= 15 is 0 Å². The number of methoxy groups -OCH3 is 1. The highest BCUT2D eigenvalue weighted by molar-refractivity contribution is 5.96. The molecule has 1 aromatic rings. The van der Waals surface area contributed by atoms with E-state index < -0.39 is 0 Å². The lowest BCUT2D eigenvalue weighted by Crippen LogP contribution is -2.26. The fraction of sp³-hybridized carbons (Fsp3) is 0.500. The summed E-state index contributed by atoms with van der Waals surface area (Å²) in [4.78, 5) is 4.71. The summed E-state index contributed by atoms with van der Waals surface area (Å²) in [6.45, 7) is 0. The summed E-state index contributed by atoms with van der Waals surface area (Å²) in [7, 11) is 1.62. The fourth-order valence-electron chi connectivity index (χ4n) is 2.94. The summed E-state index contributed by atoms with van der Waals surface area (Å²) < 4.78 is 11.3. The molecule has 0 aromatic heterocycles. The maximum absolute atomic E-state index is 8.81. The Morgan fingerprint density at radius 2 is 2.25 bits per heavy atom. The van der Waals surface area contributed by atoms with Crippen LogP contribution in [0.2, 0.25) is 0 Å². The van der Waals surface area contributed by atoms with Gasteiger partial charge in [-0.2, -0.15) is 5.26 Å². The molecule has 2 atom stereocenters. The molecule has 1 aliphatic heterocycles. The lowest BCUT2D eigenvalue weighted by molar-refractivity contribution is 0.153. The summed E-state index contributed by atoms with van der Waals surface area (Å²) in [6, 6.07) is 8.27. The molecule has 4 nitrogen and oxygen atoms in total. The van der Waals surface area contributed by atoms with Crippen LogP contribution in [0.4, 0.5) is 0 Å². The first-order chi connectivity index (χ1) is 9.81. The van der Waals surface area contributed by atoms with Crippen molar-refractivity contribution in [1.82, 2.24) is 0 Å². The van der Waals surface area contributed by atoms with E-state index in [4.69, 9.17) is 19.7 Å². The standard InChI is InChI=1S/C16H18N2O2/c1-19-15-10-12(7-6-11(15)8-9-17)16-18-13-4-2-3-5-14(13)20-16/h6-7,10,13-14H,2-5,8H2,1H3. The number of ether oxygens (including phenoxy) is 2. The summed E-state index contributed by atoms with van der Waals surface area (Å²) >= 11 is 0. The lowest BCUT2D eigenvalue weighted by Gasteiger charge is -2.21. The van der Waals surface area contributed by atoms with Crippen LogP contribution >= 0.6 is 0 Å². The van der Waals surface area contributed by atoms with Gasteiger partial charge in [-0.3, -0.25) is 0 Å². The normalized spacial score (nSPS) is 24.3. The number of benzene rings is 1. The van der Waals surface area contributed by atoms with Crippen LogP contribution in [0.3, 0.4) is 0 Å². The quantitative estimate of drug-likeness (QED) is 0.848. The van der Waals surface area contributed by atoms with Gasteiger partial charge in [-0.15, -0.1) is 0 Å². The Morgan fingerprint density at radius 1 is 1.40 bits per heavy atom. The molecule has 2 aliphatic rings. The Kier molecular flexibility index (Phi) is 3.60. The van der Waals surface area contributed by atoms with E-state index in [-0.39, 0.29) is 6.10 Å². The van der Waals surface area contributed by atoms with Crippen molar-refractivity contribution in [2.24, 2.45) is 4.99 Å². The molecule has 4 heteroatoms. The predicted molar refractivity (Wildman–Crippen MR) is 76.0 cm³/mol. The van der Waals surface area contributed by atoms with Gasteiger partial charge < -0.3 is 9.47 Å². The zero-order valence-electron chi connectivity index (χ0n) is 11.6. The number of fused-ring (bicyclic) bond motifs is 1. The molecule has 1 aromatic carbocycles. The van der Waals surface area contributed by atoms with E-state index in [2.05, 4.69) is 6.07 Å². The second-order valence-corrected chi connectivity index (χ2v) is 5.30. The first kappa shape index (κ1) is 13.0. The smallest absolute Gasteiger partial charge is 0.216 e. The molecule has 2 unspecified atom stereocenters. The van der Waals surface area contributed by atoms with Crippen molar-refractivity contribution in [2.75, 3.05) is 7.11 Å². The average Bonchev–Trinajstić information content (AvgIpc) is 2.92. The highest BCUT2D eigenvalue weighted by Crippen LogP contribution is 2.31. The van der Waals surface area contributed by atoms with Gasteiger partial charge in [0.2, 0.25) is 5.90 Å². The number of rotatable bonds is 3. The molecule has 0 bridgehead atoms. The zero-order valence-corrected chi connectivity index (χ0v) is 11.6. The molecule has 1 heterocycles. The molecule has 0 N–H and O–H groups in total. The zero-order chi connectivity index (χ0) is 13.9. The van der Waals surface area contributed by atoms with Gasteiger partial charge in [0.1, 0.15) is 11.9 Å². The van der Waals surface area contributed by atoms with Gasteiger partial charge in [-0.1, -0.05) is 12.5 Å². The molecule has 0 spiro atoms. The van der Waals surface area contributed by atoms with Gasteiger partial charge in [0.05, 0.1) is 25.6 Å². The van der Waals surface area contributed by atoms with Gasteiger partial charge in [-0.05, 0) is 31.4 Å². The maximum atomic E-state index is 8.81. The highest BCUT2D eigenvalue weighted by atomic mass is 16.5. The molecule has 1 saturated carbocycles. The van der Waals surface area contributed by atoms with Gasteiger partial charge in [0.15, 0.2) is 0 Å². The van der Waals surface area contributed by atoms with Gasteiger partial charge in [0, 0.05) is 11.1 Å². The van der Waals surface area contributed by atoms with E-state index in [1.54, 1.807) is 7.11 Å². The van der Waals surface area contributed by atoms with Crippen LogP contribution in [0, 0.1) is 11.3 Å². The highest BCUT2D eigenvalue weighted by Gasteiger charge is 2.33. The van der Waals surface area contributed by atoms with E-state index in [0.717, 1.165) is 35.6 Å². The summed E-state index contributed by atoms with van der Waals surface area (Å²) in [6.07, 6.45) is 5.30. The Bertz CT molecular complexity index is 574. The Morgan fingerprint density at radius 3 is 3.00 bits per heavy atom. The Balaban J connectivity index is 1.86. The molecule has 0 radical (unpaired) electrons. The second kappa shape index (κ2) is 5.54. The van der Waals surface area contributed by atoms with Crippen LogP contribution in [-0.4, -0.2) is 25.2 Å². The molecule has 104 valence electrons. The largest absolute Gasteiger partial charge is 0.496 e. The number of nitriles is 1. The minimum atomic E-state index is 0.253. The number of hydrogen-bond acceptors (Lipinski definition) is 4. The average molecular weight is 270 g/mol. The first-order valence-corrected chi connectivity index (χ1v) is 7.10. The third-order valence-corrected chi connectivity index (χ3v) is 4.02. The molecule has 1 aliphatic carbocycles. The van der Waals surface area contributed by atoms with Crippen LogP contribution in [0.5, 0.6) is 5.75 Å². The molecule has 3 rings (SSSR count). The van der Waals surface area contributed by atoms with Crippen LogP contribution in [0.15, 0.2) is 23.2 Å². The third-order valence-electron chi connectivity index (χ3n) is 4.02. The first-order valence-electron chi connectivity index (χ1n) is 7.10.